The molecule has 2 heterocycles. The molecule has 2 aromatic heterocycles. The van der Waals surface area contributed by atoms with Crippen molar-refractivity contribution in [3.05, 3.63) is 47.8 Å². The molecule has 0 saturated carbocycles. The van der Waals surface area contributed by atoms with E-state index in [1.54, 1.807) is 0 Å². The van der Waals surface area contributed by atoms with Crippen LogP contribution in [0.1, 0.15) is 23.8 Å². The number of amides is 1. The summed E-state index contributed by atoms with van der Waals surface area (Å²) in [5.74, 6) is 1.86. The summed E-state index contributed by atoms with van der Waals surface area (Å²) in [6, 6.07) is 7.88. The van der Waals surface area contributed by atoms with E-state index in [9.17, 15) is 4.79 Å². The van der Waals surface area contributed by atoms with Crippen molar-refractivity contribution in [1.82, 2.24) is 24.8 Å². The lowest BCUT2D eigenvalue weighted by Crippen LogP contribution is -2.28. The maximum atomic E-state index is 12.0. The summed E-state index contributed by atoms with van der Waals surface area (Å²) in [6.07, 6.45) is 2.89. The number of fused-ring (bicyclic) bond motifs is 1. The van der Waals surface area contributed by atoms with Gasteiger partial charge in [0.25, 0.3) is 0 Å². The van der Waals surface area contributed by atoms with Gasteiger partial charge in [-0.2, -0.15) is 0 Å². The number of nitrogens with zero attached hydrogens (tertiary/aromatic N) is 3. The average Bonchev–Trinajstić information content (AvgIpc) is 3.10. The van der Waals surface area contributed by atoms with Gasteiger partial charge in [0, 0.05) is 37.8 Å². The molecule has 23 heavy (non-hydrogen) atoms. The Hall–Kier alpha value is -2.63. The van der Waals surface area contributed by atoms with E-state index in [1.165, 1.54) is 0 Å². The Kier molecular flexibility index (Phi) is 4.41. The summed E-state index contributed by atoms with van der Waals surface area (Å²) < 4.78 is 2.10. The van der Waals surface area contributed by atoms with E-state index in [-0.39, 0.29) is 5.91 Å². The van der Waals surface area contributed by atoms with E-state index < -0.39 is 0 Å². The van der Waals surface area contributed by atoms with Gasteiger partial charge in [-0.1, -0.05) is 12.1 Å². The van der Waals surface area contributed by atoms with Gasteiger partial charge in [0.1, 0.15) is 11.6 Å². The molecule has 6 heteroatoms. The molecule has 1 amide bonds. The van der Waals surface area contributed by atoms with Crippen LogP contribution in [-0.4, -0.2) is 32.0 Å². The molecule has 0 unspecified atom stereocenters. The van der Waals surface area contributed by atoms with Gasteiger partial charge in [0.05, 0.1) is 11.0 Å². The van der Waals surface area contributed by atoms with Crippen LogP contribution in [0.5, 0.6) is 0 Å². The van der Waals surface area contributed by atoms with Crippen LogP contribution in [0.2, 0.25) is 0 Å². The Morgan fingerprint density at radius 1 is 1.30 bits per heavy atom. The molecule has 120 valence electrons. The summed E-state index contributed by atoms with van der Waals surface area (Å²) in [6.45, 7) is 5.34. The van der Waals surface area contributed by atoms with Crippen molar-refractivity contribution >= 4 is 16.9 Å². The number of aromatic amines is 1. The monoisotopic (exact) mass is 311 g/mol. The Bertz CT molecular complexity index is 765. The largest absolute Gasteiger partial charge is 0.354 e. The zero-order chi connectivity index (χ0) is 16.2. The molecule has 0 aliphatic rings. The topological polar surface area (TPSA) is 75.6 Å². The van der Waals surface area contributed by atoms with Crippen molar-refractivity contribution in [1.29, 1.82) is 0 Å². The molecule has 2 N–H and O–H groups in total. The molecule has 0 saturated heterocycles. The Labute approximate surface area is 135 Å². The van der Waals surface area contributed by atoms with Crippen LogP contribution in [0, 0.1) is 13.8 Å². The SMILES string of the molecule is Cc1cnc(C)n1CCNC(=O)CCc1nc2ccccc2[nH]1. The number of carbonyl (C=O) groups is 1. The van der Waals surface area contributed by atoms with Gasteiger partial charge >= 0.3 is 0 Å². The lowest BCUT2D eigenvalue weighted by Gasteiger charge is -2.09. The normalized spacial score (nSPS) is 11.0. The van der Waals surface area contributed by atoms with Gasteiger partial charge in [-0.25, -0.2) is 9.97 Å². The van der Waals surface area contributed by atoms with E-state index in [4.69, 9.17) is 0 Å². The fourth-order valence-electron chi connectivity index (χ4n) is 2.67. The number of nitrogens with one attached hydrogen (secondary N) is 2. The third-order valence-corrected chi connectivity index (χ3v) is 3.94. The number of benzene rings is 1. The first-order valence-electron chi connectivity index (χ1n) is 7.82. The van der Waals surface area contributed by atoms with Gasteiger partial charge in [-0.15, -0.1) is 0 Å². The van der Waals surface area contributed by atoms with Crippen LogP contribution >= 0.6 is 0 Å². The second-order valence-electron chi connectivity index (χ2n) is 5.65. The second kappa shape index (κ2) is 6.64. The first-order valence-corrected chi connectivity index (χ1v) is 7.82. The fourth-order valence-corrected chi connectivity index (χ4v) is 2.67. The van der Waals surface area contributed by atoms with Crippen LogP contribution in [0.15, 0.2) is 30.5 Å². The van der Waals surface area contributed by atoms with Crippen molar-refractivity contribution in [3.63, 3.8) is 0 Å². The highest BCUT2D eigenvalue weighted by molar-refractivity contribution is 5.77. The summed E-state index contributed by atoms with van der Waals surface area (Å²) in [7, 11) is 0. The van der Waals surface area contributed by atoms with Crippen LogP contribution in [-0.2, 0) is 17.8 Å². The maximum absolute atomic E-state index is 12.0. The minimum absolute atomic E-state index is 0.0425. The summed E-state index contributed by atoms with van der Waals surface area (Å²) >= 11 is 0. The minimum atomic E-state index is 0.0425. The van der Waals surface area contributed by atoms with Crippen LogP contribution < -0.4 is 5.32 Å². The molecule has 0 aliphatic heterocycles. The highest BCUT2D eigenvalue weighted by atomic mass is 16.1. The fraction of sp³-hybridized carbons (Fsp3) is 0.353. The number of carbonyl (C=O) groups excluding carboxylic acids is 1. The molecule has 0 spiro atoms. The Morgan fingerprint density at radius 2 is 2.13 bits per heavy atom. The maximum Gasteiger partial charge on any atom is 0.220 e. The van der Waals surface area contributed by atoms with Crippen molar-refractivity contribution in [2.75, 3.05) is 6.54 Å². The van der Waals surface area contributed by atoms with Crippen molar-refractivity contribution in [2.45, 2.75) is 33.2 Å². The third-order valence-electron chi connectivity index (χ3n) is 3.94. The minimum Gasteiger partial charge on any atom is -0.354 e. The van der Waals surface area contributed by atoms with E-state index in [1.807, 2.05) is 44.3 Å². The smallest absolute Gasteiger partial charge is 0.220 e. The second-order valence-corrected chi connectivity index (χ2v) is 5.65. The zero-order valence-electron chi connectivity index (χ0n) is 13.5. The lowest BCUT2D eigenvalue weighted by molar-refractivity contribution is -0.121. The average molecular weight is 311 g/mol. The first kappa shape index (κ1) is 15.3. The molecule has 0 fully saturated rings. The van der Waals surface area contributed by atoms with Gasteiger partial charge in [-0.05, 0) is 26.0 Å². The molecule has 3 rings (SSSR count). The Balaban J connectivity index is 1.46. The van der Waals surface area contributed by atoms with E-state index in [0.29, 0.717) is 19.4 Å². The molecule has 6 nitrogen and oxygen atoms in total. The highest BCUT2D eigenvalue weighted by Gasteiger charge is 2.07. The van der Waals surface area contributed by atoms with Crippen molar-refractivity contribution < 1.29 is 4.79 Å². The van der Waals surface area contributed by atoms with Gasteiger partial charge < -0.3 is 14.9 Å². The third kappa shape index (κ3) is 3.59. The number of aryl methyl sites for hydroxylation is 3. The van der Waals surface area contributed by atoms with Gasteiger partial charge in [-0.3, -0.25) is 4.79 Å². The zero-order valence-corrected chi connectivity index (χ0v) is 13.5. The van der Waals surface area contributed by atoms with Gasteiger partial charge in [0.15, 0.2) is 0 Å². The number of aromatic nitrogens is 4. The summed E-state index contributed by atoms with van der Waals surface area (Å²) in [5.41, 5.74) is 3.06. The van der Waals surface area contributed by atoms with E-state index in [0.717, 1.165) is 34.9 Å². The predicted octanol–water partition coefficient (Wildman–Crippen LogP) is 2.13. The molecular weight excluding hydrogens is 290 g/mol. The van der Waals surface area contributed by atoms with Crippen LogP contribution in [0.3, 0.4) is 0 Å². The first-order chi connectivity index (χ1) is 11.1. The number of H-pyrrole nitrogens is 1. The molecule has 0 atom stereocenters. The number of para-hydroxylation sites is 2. The highest BCUT2D eigenvalue weighted by Crippen LogP contribution is 2.11. The van der Waals surface area contributed by atoms with Gasteiger partial charge in [0.2, 0.25) is 5.91 Å². The Morgan fingerprint density at radius 3 is 2.87 bits per heavy atom. The molecule has 0 bridgehead atoms. The number of imidazole rings is 2. The number of hydrogen-bond donors (Lipinski definition) is 2. The summed E-state index contributed by atoms with van der Waals surface area (Å²) in [5, 5.41) is 2.95. The molecule has 0 radical (unpaired) electrons. The number of hydrogen-bond acceptors (Lipinski definition) is 3. The van der Waals surface area contributed by atoms with Crippen LogP contribution in [0.4, 0.5) is 0 Å². The van der Waals surface area contributed by atoms with Crippen molar-refractivity contribution in [3.8, 4) is 0 Å². The lowest BCUT2D eigenvalue weighted by atomic mass is 10.3. The summed E-state index contributed by atoms with van der Waals surface area (Å²) in [4.78, 5) is 23.9. The van der Waals surface area contributed by atoms with Crippen LogP contribution in [0.25, 0.3) is 11.0 Å². The molecule has 0 aliphatic carbocycles. The predicted molar refractivity (Wildman–Crippen MR) is 89.1 cm³/mol. The molecular formula is C17H21N5O. The number of rotatable bonds is 6. The van der Waals surface area contributed by atoms with Crippen molar-refractivity contribution in [2.24, 2.45) is 0 Å². The van der Waals surface area contributed by atoms with E-state index in [2.05, 4.69) is 24.8 Å². The molecule has 3 aromatic rings. The molecule has 1 aromatic carbocycles. The van der Waals surface area contributed by atoms with E-state index >= 15 is 0 Å². The quantitative estimate of drug-likeness (QED) is 0.732. The standard InChI is InChI=1S/C17H21N5O/c1-12-11-19-13(2)22(12)10-9-18-17(23)8-7-16-20-14-5-3-4-6-15(14)21-16/h3-6,11H,7-10H2,1-2H3,(H,18,23)(H,20,21).